The molecule has 0 aromatic heterocycles. The number of amides is 4. The van der Waals surface area contributed by atoms with Crippen molar-refractivity contribution in [3.05, 3.63) is 71.3 Å². The number of carbonyl (C=O) groups excluding carboxylic acids is 5. The summed E-state index contributed by atoms with van der Waals surface area (Å²) in [6.07, 6.45) is 16.9. The molecule has 0 saturated heterocycles. The van der Waals surface area contributed by atoms with Crippen molar-refractivity contribution < 1.29 is 38.2 Å². The van der Waals surface area contributed by atoms with Crippen molar-refractivity contribution in [3.8, 4) is 5.75 Å². The van der Waals surface area contributed by atoms with E-state index in [0.717, 1.165) is 53.9 Å². The molecule has 0 bridgehead atoms. The van der Waals surface area contributed by atoms with Gasteiger partial charge in [0, 0.05) is 31.7 Å². The molecular formula is C55H80N4O8. The Labute approximate surface area is 400 Å². The minimum atomic E-state index is -0.917. The number of anilines is 1. The molecule has 4 aliphatic carbocycles. The van der Waals surface area contributed by atoms with Crippen LogP contribution in [0.2, 0.25) is 0 Å². The van der Waals surface area contributed by atoms with E-state index in [1.54, 1.807) is 42.0 Å². The molecule has 10 atom stereocenters. The van der Waals surface area contributed by atoms with Crippen molar-refractivity contribution in [2.45, 2.75) is 170 Å². The van der Waals surface area contributed by atoms with Gasteiger partial charge in [-0.2, -0.15) is 0 Å². The molecule has 6 rings (SSSR count). The van der Waals surface area contributed by atoms with E-state index >= 15 is 0 Å². The molecular weight excluding hydrogens is 845 g/mol. The topological polar surface area (TPSA) is 161 Å². The molecule has 368 valence electrons. The van der Waals surface area contributed by atoms with Crippen LogP contribution in [-0.2, 0) is 35.3 Å². The SMILES string of the molecule is Cc1ccc(OC(=O)OCc2ccc(NC(=O)[C@H](C)NC(=O)[C@H](C)NC(=O)CCC(=O)NCCCO[C@H]3CC[C@@]4(C)C(=CC[C@H]5[C@@H]6CC[C@H]([C@H](C)CCCC(C)C)[C@@]6(C)CC[C@@H]54)C3)cc2)cc1. The van der Waals surface area contributed by atoms with Crippen molar-refractivity contribution in [1.29, 1.82) is 0 Å². The molecule has 67 heavy (non-hydrogen) atoms. The minimum absolute atomic E-state index is 0.00220. The normalized spacial score (nSPS) is 26.6. The summed E-state index contributed by atoms with van der Waals surface area (Å²) in [7, 11) is 0. The number of benzene rings is 2. The van der Waals surface area contributed by atoms with Crippen LogP contribution in [0.15, 0.2) is 60.2 Å². The molecule has 0 heterocycles. The molecule has 12 nitrogen and oxygen atoms in total. The molecule has 4 aliphatic rings. The van der Waals surface area contributed by atoms with Crippen molar-refractivity contribution in [2.24, 2.45) is 46.3 Å². The first-order valence-corrected chi connectivity index (χ1v) is 25.4. The second kappa shape index (κ2) is 23.5. The average Bonchev–Trinajstić information content (AvgIpc) is 3.66. The number of hydrogen-bond acceptors (Lipinski definition) is 8. The third-order valence-electron chi connectivity index (χ3n) is 16.2. The van der Waals surface area contributed by atoms with Crippen molar-refractivity contribution in [3.63, 3.8) is 0 Å². The van der Waals surface area contributed by atoms with Gasteiger partial charge in [0.15, 0.2) is 0 Å². The van der Waals surface area contributed by atoms with Crippen LogP contribution in [0, 0.1) is 53.3 Å². The molecule has 4 amide bonds. The molecule has 3 saturated carbocycles. The van der Waals surface area contributed by atoms with Gasteiger partial charge < -0.3 is 35.5 Å². The number of nitrogens with one attached hydrogen (secondary N) is 4. The zero-order chi connectivity index (χ0) is 48.3. The van der Waals surface area contributed by atoms with E-state index in [4.69, 9.17) is 14.2 Å². The van der Waals surface area contributed by atoms with Gasteiger partial charge in [-0.25, -0.2) is 4.79 Å². The maximum atomic E-state index is 12.8. The number of carbonyl (C=O) groups is 5. The number of allylic oxidation sites excluding steroid dienone is 1. The van der Waals surface area contributed by atoms with E-state index in [1.807, 2.05) is 19.1 Å². The second-order valence-electron chi connectivity index (χ2n) is 21.4. The van der Waals surface area contributed by atoms with Gasteiger partial charge in [0.1, 0.15) is 24.4 Å². The van der Waals surface area contributed by atoms with Crippen molar-refractivity contribution in [2.75, 3.05) is 18.5 Å². The van der Waals surface area contributed by atoms with E-state index in [9.17, 15) is 24.0 Å². The summed E-state index contributed by atoms with van der Waals surface area (Å²) in [5, 5.41) is 10.9. The van der Waals surface area contributed by atoms with Crippen LogP contribution in [-0.4, -0.2) is 61.1 Å². The van der Waals surface area contributed by atoms with Crippen LogP contribution in [0.5, 0.6) is 5.75 Å². The highest BCUT2D eigenvalue weighted by Gasteiger charge is 2.59. The lowest BCUT2D eigenvalue weighted by Gasteiger charge is -2.58. The van der Waals surface area contributed by atoms with Crippen LogP contribution in [0.3, 0.4) is 0 Å². The Hall–Kier alpha value is -4.71. The number of fused-ring (bicyclic) bond motifs is 5. The molecule has 4 N–H and O–H groups in total. The summed E-state index contributed by atoms with van der Waals surface area (Å²) in [5.41, 5.74) is 4.63. The molecule has 0 aliphatic heterocycles. The lowest BCUT2D eigenvalue weighted by molar-refractivity contribution is -0.131. The van der Waals surface area contributed by atoms with E-state index in [2.05, 4.69) is 62.0 Å². The van der Waals surface area contributed by atoms with Gasteiger partial charge in [-0.05, 0) is 155 Å². The molecule has 0 radical (unpaired) electrons. The Kier molecular flexibility index (Phi) is 18.2. The van der Waals surface area contributed by atoms with E-state index in [-0.39, 0.29) is 31.5 Å². The second-order valence-corrected chi connectivity index (χ2v) is 21.4. The molecule has 12 heteroatoms. The van der Waals surface area contributed by atoms with Crippen LogP contribution < -0.4 is 26.0 Å². The van der Waals surface area contributed by atoms with Crippen molar-refractivity contribution in [1.82, 2.24) is 16.0 Å². The Morgan fingerprint density at radius 1 is 0.761 bits per heavy atom. The van der Waals surface area contributed by atoms with Crippen LogP contribution in [0.1, 0.15) is 149 Å². The molecule has 2 aromatic carbocycles. The van der Waals surface area contributed by atoms with E-state index in [1.165, 1.54) is 71.6 Å². The highest BCUT2D eigenvalue weighted by atomic mass is 16.7. The summed E-state index contributed by atoms with van der Waals surface area (Å²) in [6.45, 7) is 18.5. The Morgan fingerprint density at radius 3 is 2.21 bits per heavy atom. The maximum Gasteiger partial charge on any atom is 0.514 e. The van der Waals surface area contributed by atoms with Gasteiger partial charge in [-0.15, -0.1) is 0 Å². The number of rotatable bonds is 21. The fourth-order valence-corrected chi connectivity index (χ4v) is 12.3. The Morgan fingerprint density at radius 2 is 1.48 bits per heavy atom. The van der Waals surface area contributed by atoms with Crippen LogP contribution in [0.25, 0.3) is 0 Å². The number of aryl methyl sites for hydroxylation is 1. The minimum Gasteiger partial charge on any atom is -0.429 e. The van der Waals surface area contributed by atoms with Gasteiger partial charge in [0.05, 0.1) is 6.10 Å². The Balaban J connectivity index is 0.817. The summed E-state index contributed by atoms with van der Waals surface area (Å²) in [4.78, 5) is 62.8. The highest BCUT2D eigenvalue weighted by Crippen LogP contribution is 2.67. The molecule has 2 aromatic rings. The smallest absolute Gasteiger partial charge is 0.429 e. The summed E-state index contributed by atoms with van der Waals surface area (Å²) >= 11 is 0. The molecule has 0 spiro atoms. The zero-order valence-electron chi connectivity index (χ0n) is 41.7. The average molecular weight is 925 g/mol. The summed E-state index contributed by atoms with van der Waals surface area (Å²) in [6, 6.07) is 11.9. The van der Waals surface area contributed by atoms with Gasteiger partial charge in [0.25, 0.3) is 0 Å². The lowest BCUT2D eigenvalue weighted by Crippen LogP contribution is -2.51. The molecule has 3 fully saturated rings. The Bertz CT molecular complexity index is 2040. The van der Waals surface area contributed by atoms with Gasteiger partial charge in [-0.3, -0.25) is 19.2 Å². The van der Waals surface area contributed by atoms with Gasteiger partial charge >= 0.3 is 6.16 Å². The third-order valence-corrected chi connectivity index (χ3v) is 16.2. The van der Waals surface area contributed by atoms with E-state index in [0.29, 0.717) is 47.4 Å². The highest BCUT2D eigenvalue weighted by molar-refractivity contribution is 5.98. The zero-order valence-corrected chi connectivity index (χ0v) is 41.7. The predicted octanol–water partition coefficient (Wildman–Crippen LogP) is 10.4. The first-order valence-electron chi connectivity index (χ1n) is 25.4. The van der Waals surface area contributed by atoms with Gasteiger partial charge in [-0.1, -0.05) is 95.4 Å². The number of ether oxygens (including phenoxy) is 3. The fraction of sp³-hybridized carbons (Fsp3) is 0.655. The van der Waals surface area contributed by atoms with E-state index < -0.39 is 36.0 Å². The maximum absolute atomic E-state index is 12.8. The monoisotopic (exact) mass is 925 g/mol. The predicted molar refractivity (Wildman–Crippen MR) is 262 cm³/mol. The lowest BCUT2D eigenvalue weighted by atomic mass is 9.47. The van der Waals surface area contributed by atoms with Crippen LogP contribution >= 0.6 is 0 Å². The standard InChI is InChI=1S/C55H80N4O8/c1-35(2)11-9-12-37(4)46-23-24-47-45-22-17-41-33-44(27-29-54(41,7)48(45)28-30-55(46,47)8)65-32-10-31-56-49(60)25-26-50(61)57-38(5)51(62)58-39(6)52(63)59-42-18-15-40(16-19-42)34-66-53(64)67-43-20-13-36(3)14-21-43/h13-21,35,37-39,44-48H,9-12,22-34H2,1-8H3,(H,56,60)(H,57,61)(H,58,62)(H,59,63)/t37-,38+,39+,44+,45+,46-,47+,48+,54+,55-/m1/s1. The first kappa shape index (κ1) is 51.7. The third kappa shape index (κ3) is 13.7. The largest absolute Gasteiger partial charge is 0.514 e. The molecule has 0 unspecified atom stereocenters. The summed E-state index contributed by atoms with van der Waals surface area (Å²) < 4.78 is 16.7. The number of hydrogen-bond donors (Lipinski definition) is 4. The van der Waals surface area contributed by atoms with Crippen molar-refractivity contribution >= 4 is 35.5 Å². The van der Waals surface area contributed by atoms with Gasteiger partial charge in [0.2, 0.25) is 23.6 Å². The summed E-state index contributed by atoms with van der Waals surface area (Å²) in [5.74, 6) is 3.72. The quantitative estimate of drug-likeness (QED) is 0.0416. The van der Waals surface area contributed by atoms with Crippen LogP contribution in [0.4, 0.5) is 10.5 Å². The first-order chi connectivity index (χ1) is 31.9. The fourth-order valence-electron chi connectivity index (χ4n) is 12.3.